The highest BCUT2D eigenvalue weighted by atomic mass is 32.2. The van der Waals surface area contributed by atoms with Crippen LogP contribution in [0.2, 0.25) is 0 Å². The molecule has 1 aliphatic rings. The topological polar surface area (TPSA) is 55.2 Å². The Morgan fingerprint density at radius 1 is 1.39 bits per heavy atom. The first-order chi connectivity index (χ1) is 13.6. The first-order valence-corrected chi connectivity index (χ1v) is 11.1. The van der Waals surface area contributed by atoms with E-state index in [-0.39, 0.29) is 17.2 Å². The summed E-state index contributed by atoms with van der Waals surface area (Å²) in [5.41, 5.74) is 2.13. The van der Waals surface area contributed by atoms with Gasteiger partial charge in [0.1, 0.15) is 4.83 Å². The molecule has 0 spiro atoms. The highest BCUT2D eigenvalue weighted by Gasteiger charge is 2.24. The van der Waals surface area contributed by atoms with Crippen molar-refractivity contribution in [2.45, 2.75) is 31.5 Å². The van der Waals surface area contributed by atoms with Crippen molar-refractivity contribution in [3.63, 3.8) is 0 Å². The van der Waals surface area contributed by atoms with Crippen LogP contribution in [0.15, 0.2) is 52.9 Å². The molecule has 0 bridgehead atoms. The van der Waals surface area contributed by atoms with Gasteiger partial charge < -0.3 is 4.90 Å². The van der Waals surface area contributed by atoms with E-state index in [0.717, 1.165) is 28.2 Å². The van der Waals surface area contributed by atoms with Gasteiger partial charge in [0.25, 0.3) is 5.56 Å². The Bertz CT molecular complexity index is 1120. The van der Waals surface area contributed by atoms with E-state index < -0.39 is 0 Å². The molecule has 0 aliphatic carbocycles. The first kappa shape index (κ1) is 19.0. The number of fused-ring (bicyclic) bond motifs is 2. The Morgan fingerprint density at radius 2 is 2.21 bits per heavy atom. The molecule has 1 aliphatic heterocycles. The number of aromatic nitrogens is 2. The molecule has 1 aromatic carbocycles. The van der Waals surface area contributed by atoms with E-state index in [1.165, 1.54) is 17.3 Å². The molecule has 0 unspecified atom stereocenters. The summed E-state index contributed by atoms with van der Waals surface area (Å²) in [4.78, 5) is 34.1. The summed E-state index contributed by atoms with van der Waals surface area (Å²) >= 11 is 2.87. The van der Waals surface area contributed by atoms with Gasteiger partial charge in [0.15, 0.2) is 5.16 Å². The molecule has 0 fully saturated rings. The monoisotopic (exact) mass is 411 g/mol. The van der Waals surface area contributed by atoms with Crippen LogP contribution in [0.1, 0.15) is 17.4 Å². The second-order valence-corrected chi connectivity index (χ2v) is 8.65. The van der Waals surface area contributed by atoms with Crippen LogP contribution < -0.4 is 10.5 Å². The van der Waals surface area contributed by atoms with E-state index >= 15 is 0 Å². The SMILES string of the molecule is C=CCn1c(SCC(=O)N2CCc3ccccc32)nc2sc(CC)cc2c1=O. The van der Waals surface area contributed by atoms with Crippen molar-refractivity contribution in [1.29, 1.82) is 0 Å². The number of anilines is 1. The van der Waals surface area contributed by atoms with Gasteiger partial charge in [-0.3, -0.25) is 14.2 Å². The minimum atomic E-state index is -0.0673. The lowest BCUT2D eigenvalue weighted by molar-refractivity contribution is -0.116. The number of allylic oxidation sites excluding steroid dienone is 1. The molecule has 5 nitrogen and oxygen atoms in total. The van der Waals surface area contributed by atoms with Gasteiger partial charge in [-0.1, -0.05) is 43.0 Å². The predicted octanol–water partition coefficient (Wildman–Crippen LogP) is 3.89. The minimum Gasteiger partial charge on any atom is -0.311 e. The van der Waals surface area contributed by atoms with Gasteiger partial charge in [0, 0.05) is 23.7 Å². The lowest BCUT2D eigenvalue weighted by Gasteiger charge is -2.17. The van der Waals surface area contributed by atoms with Crippen molar-refractivity contribution in [3.05, 3.63) is 63.8 Å². The summed E-state index contributed by atoms with van der Waals surface area (Å²) in [6, 6.07) is 9.93. The third kappa shape index (κ3) is 3.40. The second kappa shape index (κ2) is 7.93. The molecule has 2 aromatic heterocycles. The maximum atomic E-state index is 12.9. The van der Waals surface area contributed by atoms with E-state index in [1.807, 2.05) is 29.2 Å². The molecule has 7 heteroatoms. The number of thioether (sulfide) groups is 1. The van der Waals surface area contributed by atoms with E-state index in [9.17, 15) is 9.59 Å². The maximum absolute atomic E-state index is 12.9. The number of hydrogen-bond acceptors (Lipinski definition) is 5. The molecule has 4 rings (SSSR count). The van der Waals surface area contributed by atoms with Crippen LogP contribution in [0, 0.1) is 0 Å². The largest absolute Gasteiger partial charge is 0.311 e. The van der Waals surface area contributed by atoms with Crippen molar-refractivity contribution in [1.82, 2.24) is 9.55 Å². The fraction of sp³-hybridized carbons (Fsp3) is 0.286. The molecular formula is C21H21N3O2S2. The number of benzene rings is 1. The Labute approximate surface area is 171 Å². The Hall–Kier alpha value is -2.38. The summed E-state index contributed by atoms with van der Waals surface area (Å²) in [6.45, 7) is 6.90. The average Bonchev–Trinajstić information content (AvgIpc) is 3.32. The predicted molar refractivity (Wildman–Crippen MR) is 117 cm³/mol. The quantitative estimate of drug-likeness (QED) is 0.351. The van der Waals surface area contributed by atoms with Gasteiger partial charge in [0.05, 0.1) is 11.1 Å². The minimum absolute atomic E-state index is 0.0369. The highest BCUT2D eigenvalue weighted by molar-refractivity contribution is 7.99. The van der Waals surface area contributed by atoms with E-state index in [0.29, 0.717) is 23.6 Å². The number of nitrogens with zero attached hydrogens (tertiary/aromatic N) is 3. The summed E-state index contributed by atoms with van der Waals surface area (Å²) in [6.07, 6.45) is 3.44. The summed E-state index contributed by atoms with van der Waals surface area (Å²) in [7, 11) is 0. The van der Waals surface area contributed by atoms with E-state index in [2.05, 4.69) is 19.6 Å². The normalized spacial score (nSPS) is 13.1. The number of para-hydroxylation sites is 1. The number of rotatable bonds is 6. The van der Waals surface area contributed by atoms with Gasteiger partial charge in [0.2, 0.25) is 5.91 Å². The van der Waals surface area contributed by atoms with Crippen LogP contribution in [0.25, 0.3) is 10.2 Å². The number of carbonyl (C=O) groups excluding carboxylic acids is 1. The van der Waals surface area contributed by atoms with Crippen molar-refractivity contribution < 1.29 is 4.79 Å². The van der Waals surface area contributed by atoms with Crippen LogP contribution in [0.3, 0.4) is 0 Å². The van der Waals surface area contributed by atoms with Gasteiger partial charge >= 0.3 is 0 Å². The molecule has 0 atom stereocenters. The van der Waals surface area contributed by atoms with Crippen LogP contribution >= 0.6 is 23.1 Å². The molecule has 3 heterocycles. The van der Waals surface area contributed by atoms with Crippen LogP contribution in [0.5, 0.6) is 0 Å². The molecule has 3 aromatic rings. The van der Waals surface area contributed by atoms with Crippen LogP contribution in [-0.4, -0.2) is 27.8 Å². The van der Waals surface area contributed by atoms with Crippen LogP contribution in [-0.2, 0) is 24.2 Å². The average molecular weight is 412 g/mol. The number of thiophene rings is 1. The number of amides is 1. The highest BCUT2D eigenvalue weighted by Crippen LogP contribution is 2.29. The lowest BCUT2D eigenvalue weighted by atomic mass is 10.2. The van der Waals surface area contributed by atoms with Crippen molar-refractivity contribution in [2.75, 3.05) is 17.2 Å². The fourth-order valence-corrected chi connectivity index (χ4v) is 5.32. The van der Waals surface area contributed by atoms with E-state index in [1.54, 1.807) is 22.0 Å². The zero-order chi connectivity index (χ0) is 19.7. The van der Waals surface area contributed by atoms with Crippen LogP contribution in [0.4, 0.5) is 5.69 Å². The molecule has 0 saturated carbocycles. The smallest absolute Gasteiger partial charge is 0.263 e. The van der Waals surface area contributed by atoms with Crippen molar-refractivity contribution in [3.8, 4) is 0 Å². The molecular weight excluding hydrogens is 390 g/mol. The fourth-order valence-electron chi connectivity index (χ4n) is 3.42. The summed E-state index contributed by atoms with van der Waals surface area (Å²) < 4.78 is 1.61. The van der Waals surface area contributed by atoms with Gasteiger partial charge in [-0.15, -0.1) is 17.9 Å². The Morgan fingerprint density at radius 3 is 3.00 bits per heavy atom. The third-order valence-corrected chi connectivity index (χ3v) is 6.97. The summed E-state index contributed by atoms with van der Waals surface area (Å²) in [5.74, 6) is 0.282. The van der Waals surface area contributed by atoms with Crippen molar-refractivity contribution >= 4 is 44.9 Å². The standard InChI is InChI=1S/C21H21N3O2S2/c1-3-10-24-20(26)16-12-15(4-2)28-19(16)22-21(24)27-13-18(25)23-11-9-14-7-5-6-8-17(14)23/h3,5-8,12H,1,4,9-11,13H2,2H3. The molecule has 0 saturated heterocycles. The van der Waals surface area contributed by atoms with Gasteiger partial charge in [-0.05, 0) is 30.5 Å². The maximum Gasteiger partial charge on any atom is 0.263 e. The molecule has 144 valence electrons. The number of hydrogen-bond donors (Lipinski definition) is 0. The summed E-state index contributed by atoms with van der Waals surface area (Å²) in [5, 5.41) is 1.22. The lowest BCUT2D eigenvalue weighted by Crippen LogP contribution is -2.31. The van der Waals surface area contributed by atoms with Gasteiger partial charge in [-0.25, -0.2) is 4.98 Å². The zero-order valence-electron chi connectivity index (χ0n) is 15.7. The third-order valence-electron chi connectivity index (χ3n) is 4.84. The van der Waals surface area contributed by atoms with Gasteiger partial charge in [-0.2, -0.15) is 0 Å². The second-order valence-electron chi connectivity index (χ2n) is 6.60. The number of carbonyl (C=O) groups is 1. The molecule has 1 amide bonds. The number of aryl methyl sites for hydroxylation is 1. The van der Waals surface area contributed by atoms with Crippen molar-refractivity contribution in [2.24, 2.45) is 0 Å². The zero-order valence-corrected chi connectivity index (χ0v) is 17.3. The Kier molecular flexibility index (Phi) is 5.37. The Balaban J connectivity index is 1.60. The molecule has 0 N–H and O–H groups in total. The first-order valence-electron chi connectivity index (χ1n) is 9.27. The van der Waals surface area contributed by atoms with E-state index in [4.69, 9.17) is 4.98 Å². The molecule has 0 radical (unpaired) electrons. The molecule has 28 heavy (non-hydrogen) atoms.